The van der Waals surface area contributed by atoms with Crippen LogP contribution in [0.5, 0.6) is 5.75 Å². The molecular weight excluding hydrogens is 274 g/mol. The van der Waals surface area contributed by atoms with Crippen molar-refractivity contribution in [1.29, 1.82) is 0 Å². The standard InChI is InChI=1S/C15H19NO5/c1-2-10-3-6-12(7-4-10)21-14-8-5-11(16(19)20)9-13(14)15(17)18/h5,8-10,12H,2-4,6-7H2,1H3,(H,17,18). The molecule has 1 aliphatic rings. The van der Waals surface area contributed by atoms with Crippen LogP contribution in [-0.4, -0.2) is 22.1 Å². The van der Waals surface area contributed by atoms with Crippen molar-refractivity contribution < 1.29 is 19.6 Å². The zero-order chi connectivity index (χ0) is 15.4. The van der Waals surface area contributed by atoms with Gasteiger partial charge in [0.2, 0.25) is 0 Å². The van der Waals surface area contributed by atoms with Gasteiger partial charge in [0.1, 0.15) is 11.3 Å². The first-order valence-corrected chi connectivity index (χ1v) is 7.19. The maximum atomic E-state index is 11.2. The van der Waals surface area contributed by atoms with Gasteiger partial charge in [0.25, 0.3) is 5.69 Å². The Balaban J connectivity index is 2.13. The summed E-state index contributed by atoms with van der Waals surface area (Å²) in [5.74, 6) is -0.273. The molecule has 6 nitrogen and oxygen atoms in total. The predicted molar refractivity (Wildman–Crippen MR) is 76.7 cm³/mol. The minimum absolute atomic E-state index is 0.00708. The topological polar surface area (TPSA) is 89.7 Å². The van der Waals surface area contributed by atoms with Gasteiger partial charge in [0, 0.05) is 12.1 Å². The molecular formula is C15H19NO5. The molecule has 0 bridgehead atoms. The number of aromatic carboxylic acids is 1. The van der Waals surface area contributed by atoms with E-state index in [9.17, 15) is 20.0 Å². The van der Waals surface area contributed by atoms with Crippen LogP contribution in [0.3, 0.4) is 0 Å². The lowest BCUT2D eigenvalue weighted by molar-refractivity contribution is -0.384. The van der Waals surface area contributed by atoms with Crippen molar-refractivity contribution in [3.05, 3.63) is 33.9 Å². The molecule has 1 aromatic rings. The molecule has 6 heteroatoms. The van der Waals surface area contributed by atoms with E-state index in [1.165, 1.54) is 12.1 Å². The summed E-state index contributed by atoms with van der Waals surface area (Å²) in [6.07, 6.45) is 5.10. The monoisotopic (exact) mass is 293 g/mol. The first kappa shape index (κ1) is 15.3. The van der Waals surface area contributed by atoms with E-state index in [0.717, 1.165) is 44.1 Å². The van der Waals surface area contributed by atoms with Gasteiger partial charge >= 0.3 is 5.97 Å². The molecule has 1 saturated carbocycles. The van der Waals surface area contributed by atoms with Crippen LogP contribution in [0.2, 0.25) is 0 Å². The van der Waals surface area contributed by atoms with Gasteiger partial charge in [-0.15, -0.1) is 0 Å². The Hall–Kier alpha value is -2.11. The number of rotatable bonds is 5. The normalized spacial score (nSPS) is 21.8. The molecule has 2 rings (SSSR count). The maximum Gasteiger partial charge on any atom is 0.339 e. The number of carboxylic acids is 1. The highest BCUT2D eigenvalue weighted by atomic mass is 16.6. The molecule has 0 heterocycles. The second-order valence-corrected chi connectivity index (χ2v) is 5.41. The Bertz CT molecular complexity index is 535. The number of non-ortho nitro benzene ring substituents is 1. The highest BCUT2D eigenvalue weighted by Crippen LogP contribution is 2.31. The average molecular weight is 293 g/mol. The first-order valence-electron chi connectivity index (χ1n) is 7.19. The van der Waals surface area contributed by atoms with Crippen LogP contribution in [0.15, 0.2) is 18.2 Å². The van der Waals surface area contributed by atoms with Gasteiger partial charge in [0.15, 0.2) is 0 Å². The van der Waals surface area contributed by atoms with E-state index in [1.54, 1.807) is 0 Å². The van der Waals surface area contributed by atoms with E-state index in [0.29, 0.717) is 0 Å². The third-order valence-electron chi connectivity index (χ3n) is 4.07. The molecule has 0 amide bonds. The average Bonchev–Trinajstić information content (AvgIpc) is 2.48. The van der Waals surface area contributed by atoms with E-state index in [-0.39, 0.29) is 23.1 Å². The Morgan fingerprint density at radius 1 is 1.38 bits per heavy atom. The van der Waals surface area contributed by atoms with E-state index >= 15 is 0 Å². The van der Waals surface area contributed by atoms with Gasteiger partial charge in [-0.2, -0.15) is 0 Å². The van der Waals surface area contributed by atoms with Crippen LogP contribution < -0.4 is 4.74 Å². The van der Waals surface area contributed by atoms with Crippen molar-refractivity contribution >= 4 is 11.7 Å². The van der Waals surface area contributed by atoms with Crippen LogP contribution >= 0.6 is 0 Å². The van der Waals surface area contributed by atoms with Crippen molar-refractivity contribution in [3.63, 3.8) is 0 Å². The fourth-order valence-corrected chi connectivity index (χ4v) is 2.74. The smallest absolute Gasteiger partial charge is 0.339 e. The van der Waals surface area contributed by atoms with E-state index in [1.807, 2.05) is 0 Å². The molecule has 0 radical (unpaired) electrons. The molecule has 0 aliphatic heterocycles. The first-order chi connectivity index (χ1) is 10.0. The summed E-state index contributed by atoms with van der Waals surface area (Å²) in [4.78, 5) is 21.3. The SMILES string of the molecule is CCC1CCC(Oc2ccc([N+](=O)[O-])cc2C(=O)O)CC1. The van der Waals surface area contributed by atoms with Crippen LogP contribution in [0.25, 0.3) is 0 Å². The zero-order valence-corrected chi connectivity index (χ0v) is 11.9. The number of hydrogen-bond donors (Lipinski definition) is 1. The van der Waals surface area contributed by atoms with Gasteiger partial charge in [-0.1, -0.05) is 13.3 Å². The highest BCUT2D eigenvalue weighted by molar-refractivity contribution is 5.91. The summed E-state index contributed by atoms with van der Waals surface area (Å²) in [5, 5.41) is 19.9. The lowest BCUT2D eigenvalue weighted by atomic mass is 9.86. The largest absolute Gasteiger partial charge is 0.490 e. The third-order valence-corrected chi connectivity index (χ3v) is 4.07. The molecule has 1 N–H and O–H groups in total. The summed E-state index contributed by atoms with van der Waals surface area (Å²) < 4.78 is 5.77. The Morgan fingerprint density at radius 3 is 2.57 bits per heavy atom. The number of hydrogen-bond acceptors (Lipinski definition) is 4. The number of ether oxygens (including phenoxy) is 1. The van der Waals surface area contributed by atoms with Crippen molar-refractivity contribution in [2.24, 2.45) is 5.92 Å². The lowest BCUT2D eigenvalue weighted by Gasteiger charge is -2.28. The van der Waals surface area contributed by atoms with Crippen LogP contribution in [0.4, 0.5) is 5.69 Å². The van der Waals surface area contributed by atoms with Crippen molar-refractivity contribution in [2.75, 3.05) is 0 Å². The summed E-state index contributed by atoms with van der Waals surface area (Å²) in [5.41, 5.74) is -0.392. The number of carboxylic acid groups (broad SMARTS) is 1. The van der Waals surface area contributed by atoms with Crippen molar-refractivity contribution in [1.82, 2.24) is 0 Å². The molecule has 0 saturated heterocycles. The van der Waals surface area contributed by atoms with Crippen molar-refractivity contribution in [2.45, 2.75) is 45.1 Å². The van der Waals surface area contributed by atoms with Crippen LogP contribution in [0, 0.1) is 16.0 Å². The Kier molecular flexibility index (Phi) is 4.77. The lowest BCUT2D eigenvalue weighted by Crippen LogP contribution is -2.24. The number of nitrogens with zero attached hydrogens (tertiary/aromatic N) is 1. The number of nitro benzene ring substituents is 1. The van der Waals surface area contributed by atoms with Crippen LogP contribution in [-0.2, 0) is 0 Å². The van der Waals surface area contributed by atoms with Gasteiger partial charge in [-0.05, 0) is 37.7 Å². The molecule has 114 valence electrons. The maximum absolute atomic E-state index is 11.2. The second kappa shape index (κ2) is 6.56. The van der Waals surface area contributed by atoms with E-state index in [2.05, 4.69) is 6.92 Å². The molecule has 0 spiro atoms. The molecule has 1 aliphatic carbocycles. The molecule has 0 aromatic heterocycles. The van der Waals surface area contributed by atoms with Gasteiger partial charge in [0.05, 0.1) is 11.0 Å². The molecule has 1 aromatic carbocycles. The third kappa shape index (κ3) is 3.71. The summed E-state index contributed by atoms with van der Waals surface area (Å²) in [6.45, 7) is 2.17. The Labute approximate surface area is 122 Å². The number of nitro groups is 1. The quantitative estimate of drug-likeness (QED) is 0.661. The highest BCUT2D eigenvalue weighted by Gasteiger charge is 2.24. The molecule has 0 unspecified atom stereocenters. The van der Waals surface area contributed by atoms with Crippen molar-refractivity contribution in [3.8, 4) is 5.75 Å². The molecule has 0 atom stereocenters. The summed E-state index contributed by atoms with van der Waals surface area (Å²) in [7, 11) is 0. The fraction of sp³-hybridized carbons (Fsp3) is 0.533. The zero-order valence-electron chi connectivity index (χ0n) is 11.9. The van der Waals surface area contributed by atoms with Gasteiger partial charge in [-0.3, -0.25) is 10.1 Å². The molecule has 1 fully saturated rings. The fourth-order valence-electron chi connectivity index (χ4n) is 2.74. The summed E-state index contributed by atoms with van der Waals surface area (Å²) in [6, 6.07) is 3.71. The van der Waals surface area contributed by atoms with Gasteiger partial charge < -0.3 is 9.84 Å². The molecule has 21 heavy (non-hydrogen) atoms. The second-order valence-electron chi connectivity index (χ2n) is 5.41. The van der Waals surface area contributed by atoms with Gasteiger partial charge in [-0.25, -0.2) is 4.79 Å². The van der Waals surface area contributed by atoms with E-state index in [4.69, 9.17) is 4.74 Å². The van der Waals surface area contributed by atoms with E-state index < -0.39 is 10.9 Å². The van der Waals surface area contributed by atoms with Crippen LogP contribution in [0.1, 0.15) is 49.4 Å². The minimum atomic E-state index is -1.21. The Morgan fingerprint density at radius 2 is 2.05 bits per heavy atom. The predicted octanol–water partition coefficient (Wildman–Crippen LogP) is 3.64. The number of carbonyl (C=O) groups is 1. The minimum Gasteiger partial charge on any atom is -0.490 e. The number of benzene rings is 1. The summed E-state index contributed by atoms with van der Waals surface area (Å²) >= 11 is 0.